The van der Waals surface area contributed by atoms with Gasteiger partial charge in [-0.1, -0.05) is 11.8 Å². The van der Waals surface area contributed by atoms with E-state index in [4.69, 9.17) is 0 Å². The summed E-state index contributed by atoms with van der Waals surface area (Å²) in [5.41, 5.74) is 0. The van der Waals surface area contributed by atoms with Crippen molar-refractivity contribution in [2.75, 3.05) is 38.7 Å². The van der Waals surface area contributed by atoms with E-state index in [2.05, 4.69) is 15.5 Å². The van der Waals surface area contributed by atoms with E-state index in [1.54, 1.807) is 25.9 Å². The first kappa shape index (κ1) is 17.7. The monoisotopic (exact) mass is 347 g/mol. The SMILES string of the molecule is CN(C)S(=O)(=O)CCCSc1nnc(C2CCCNC2)n1C. The minimum Gasteiger partial charge on any atom is -0.316 e. The topological polar surface area (TPSA) is 80.1 Å². The van der Waals surface area contributed by atoms with Crippen LogP contribution in [0.3, 0.4) is 0 Å². The predicted molar refractivity (Wildman–Crippen MR) is 88.7 cm³/mol. The summed E-state index contributed by atoms with van der Waals surface area (Å²) in [4.78, 5) is 0. The lowest BCUT2D eigenvalue weighted by molar-refractivity contribution is 0.436. The van der Waals surface area contributed by atoms with Gasteiger partial charge >= 0.3 is 0 Å². The molecule has 1 aliphatic heterocycles. The summed E-state index contributed by atoms with van der Waals surface area (Å²) >= 11 is 1.57. The number of nitrogens with one attached hydrogen (secondary N) is 1. The molecule has 2 heterocycles. The van der Waals surface area contributed by atoms with Crippen LogP contribution in [0, 0.1) is 0 Å². The van der Waals surface area contributed by atoms with E-state index in [0.717, 1.165) is 36.2 Å². The van der Waals surface area contributed by atoms with Crippen LogP contribution in [-0.2, 0) is 17.1 Å². The number of piperidine rings is 1. The van der Waals surface area contributed by atoms with Gasteiger partial charge in [-0.3, -0.25) is 0 Å². The molecule has 0 aliphatic carbocycles. The third-order valence-corrected chi connectivity index (χ3v) is 6.89. The van der Waals surface area contributed by atoms with Crippen LogP contribution in [-0.4, -0.2) is 66.2 Å². The molecule has 1 fully saturated rings. The maximum absolute atomic E-state index is 11.7. The van der Waals surface area contributed by atoms with Gasteiger partial charge in [-0.15, -0.1) is 10.2 Å². The molecule has 1 saturated heterocycles. The number of sulfonamides is 1. The number of aromatic nitrogens is 3. The van der Waals surface area contributed by atoms with Crippen LogP contribution in [0.4, 0.5) is 0 Å². The molecule has 7 nitrogen and oxygen atoms in total. The lowest BCUT2D eigenvalue weighted by Crippen LogP contribution is -2.29. The van der Waals surface area contributed by atoms with Gasteiger partial charge in [-0.25, -0.2) is 12.7 Å². The van der Waals surface area contributed by atoms with E-state index < -0.39 is 10.0 Å². The highest BCUT2D eigenvalue weighted by Gasteiger charge is 2.21. The second-order valence-electron chi connectivity index (χ2n) is 5.74. The largest absolute Gasteiger partial charge is 0.316 e. The molecule has 0 bridgehead atoms. The zero-order chi connectivity index (χ0) is 16.2. The van der Waals surface area contributed by atoms with Crippen molar-refractivity contribution in [3.05, 3.63) is 5.82 Å². The Labute approximate surface area is 136 Å². The van der Waals surface area contributed by atoms with E-state index in [0.29, 0.717) is 12.3 Å². The number of hydrogen-bond donors (Lipinski definition) is 1. The van der Waals surface area contributed by atoms with Crippen molar-refractivity contribution in [3.63, 3.8) is 0 Å². The minimum absolute atomic E-state index is 0.171. The predicted octanol–water partition coefficient (Wildman–Crippen LogP) is 0.656. The summed E-state index contributed by atoms with van der Waals surface area (Å²) in [6.07, 6.45) is 2.92. The van der Waals surface area contributed by atoms with Gasteiger partial charge in [0.2, 0.25) is 10.0 Å². The van der Waals surface area contributed by atoms with Crippen molar-refractivity contribution in [2.45, 2.75) is 30.3 Å². The molecule has 0 aromatic carbocycles. The van der Waals surface area contributed by atoms with Gasteiger partial charge in [0.1, 0.15) is 5.82 Å². The smallest absolute Gasteiger partial charge is 0.213 e. The summed E-state index contributed by atoms with van der Waals surface area (Å²) in [5.74, 6) is 2.34. The molecule has 1 aromatic rings. The van der Waals surface area contributed by atoms with E-state index in [9.17, 15) is 8.42 Å². The molecule has 1 N–H and O–H groups in total. The quantitative estimate of drug-likeness (QED) is 0.576. The molecular weight excluding hydrogens is 322 g/mol. The Bertz CT molecular complexity index is 579. The Hall–Kier alpha value is -0.640. The molecule has 0 spiro atoms. The van der Waals surface area contributed by atoms with E-state index in [1.807, 2.05) is 11.6 Å². The first-order valence-electron chi connectivity index (χ1n) is 7.55. The van der Waals surface area contributed by atoms with Crippen molar-refractivity contribution < 1.29 is 8.42 Å². The van der Waals surface area contributed by atoms with E-state index >= 15 is 0 Å². The third-order valence-electron chi connectivity index (χ3n) is 3.86. The standard InChI is InChI=1S/C13H25N5O2S2/c1-17(2)22(19,20)9-5-8-21-13-16-15-12(18(13)3)11-6-4-7-14-10-11/h11,14H,4-10H2,1-3H3. The van der Waals surface area contributed by atoms with Crippen molar-refractivity contribution in [3.8, 4) is 0 Å². The first-order chi connectivity index (χ1) is 10.4. The van der Waals surface area contributed by atoms with E-state index in [1.165, 1.54) is 10.7 Å². The van der Waals surface area contributed by atoms with Crippen molar-refractivity contribution in [1.82, 2.24) is 24.4 Å². The van der Waals surface area contributed by atoms with Gasteiger partial charge < -0.3 is 9.88 Å². The molecule has 2 rings (SSSR count). The summed E-state index contributed by atoms with van der Waals surface area (Å²) in [5, 5.41) is 12.8. The fourth-order valence-corrected chi connectivity index (χ4v) is 4.38. The second kappa shape index (κ2) is 7.76. The number of hydrogen-bond acceptors (Lipinski definition) is 6. The maximum Gasteiger partial charge on any atom is 0.213 e. The minimum atomic E-state index is -3.11. The Morgan fingerprint density at radius 1 is 1.41 bits per heavy atom. The lowest BCUT2D eigenvalue weighted by atomic mass is 9.99. The molecule has 0 saturated carbocycles. The Morgan fingerprint density at radius 2 is 2.18 bits per heavy atom. The van der Waals surface area contributed by atoms with Crippen molar-refractivity contribution >= 4 is 21.8 Å². The van der Waals surface area contributed by atoms with Gasteiger partial charge in [-0.2, -0.15) is 0 Å². The fourth-order valence-electron chi connectivity index (χ4n) is 2.47. The zero-order valence-electron chi connectivity index (χ0n) is 13.4. The average Bonchev–Trinajstić information content (AvgIpc) is 2.85. The Kier molecular flexibility index (Phi) is 6.25. The molecule has 1 atom stereocenters. The molecule has 1 aromatic heterocycles. The Morgan fingerprint density at radius 3 is 2.82 bits per heavy atom. The van der Waals surface area contributed by atoms with Gasteiger partial charge in [0, 0.05) is 39.4 Å². The summed E-state index contributed by atoms with van der Waals surface area (Å²) < 4.78 is 26.7. The van der Waals surface area contributed by atoms with Crippen LogP contribution >= 0.6 is 11.8 Å². The molecule has 1 unspecified atom stereocenters. The molecule has 9 heteroatoms. The summed E-state index contributed by atoms with van der Waals surface area (Å²) in [6, 6.07) is 0. The Balaban J connectivity index is 1.85. The normalized spacial score (nSPS) is 19.7. The number of rotatable bonds is 7. The third kappa shape index (κ3) is 4.43. The second-order valence-corrected chi connectivity index (χ2v) is 9.11. The molecule has 126 valence electrons. The molecule has 0 radical (unpaired) electrons. The molecule has 22 heavy (non-hydrogen) atoms. The maximum atomic E-state index is 11.7. The lowest BCUT2D eigenvalue weighted by Gasteiger charge is -2.21. The van der Waals surface area contributed by atoms with Gasteiger partial charge in [0.15, 0.2) is 5.16 Å². The highest BCUT2D eigenvalue weighted by molar-refractivity contribution is 7.99. The van der Waals surface area contributed by atoms with Crippen LogP contribution < -0.4 is 5.32 Å². The molecular formula is C13H25N5O2S2. The van der Waals surface area contributed by atoms with Crippen LogP contribution in [0.2, 0.25) is 0 Å². The number of thioether (sulfide) groups is 1. The van der Waals surface area contributed by atoms with Crippen LogP contribution in [0.1, 0.15) is 31.0 Å². The highest BCUT2D eigenvalue weighted by Crippen LogP contribution is 2.25. The summed E-state index contributed by atoms with van der Waals surface area (Å²) in [7, 11) is 2.01. The van der Waals surface area contributed by atoms with Crippen molar-refractivity contribution in [1.29, 1.82) is 0 Å². The van der Waals surface area contributed by atoms with Gasteiger partial charge in [0.25, 0.3) is 0 Å². The van der Waals surface area contributed by atoms with Gasteiger partial charge in [-0.05, 0) is 25.8 Å². The van der Waals surface area contributed by atoms with Gasteiger partial charge in [0.05, 0.1) is 5.75 Å². The van der Waals surface area contributed by atoms with Crippen molar-refractivity contribution in [2.24, 2.45) is 7.05 Å². The zero-order valence-corrected chi connectivity index (χ0v) is 15.1. The average molecular weight is 348 g/mol. The van der Waals surface area contributed by atoms with Crippen LogP contribution in [0.5, 0.6) is 0 Å². The number of nitrogens with zero attached hydrogens (tertiary/aromatic N) is 4. The highest BCUT2D eigenvalue weighted by atomic mass is 32.2. The van der Waals surface area contributed by atoms with E-state index in [-0.39, 0.29) is 5.75 Å². The molecule has 0 amide bonds. The summed E-state index contributed by atoms with van der Waals surface area (Å²) in [6.45, 7) is 2.04. The fraction of sp³-hybridized carbons (Fsp3) is 0.846. The molecule has 1 aliphatic rings. The first-order valence-corrected chi connectivity index (χ1v) is 10.1. The van der Waals surface area contributed by atoms with Crippen LogP contribution in [0.15, 0.2) is 5.16 Å². The van der Waals surface area contributed by atoms with Crippen LogP contribution in [0.25, 0.3) is 0 Å².